The summed E-state index contributed by atoms with van der Waals surface area (Å²) in [6.07, 6.45) is 45.3. The minimum Gasteiger partial charge on any atom is -0.457 e. The van der Waals surface area contributed by atoms with Gasteiger partial charge >= 0.3 is 13.8 Å². The molecule has 0 fully saturated rings. The van der Waals surface area contributed by atoms with Crippen LogP contribution in [0.2, 0.25) is 0 Å². The first-order valence-electron chi connectivity index (χ1n) is 23.9. The summed E-state index contributed by atoms with van der Waals surface area (Å²) < 4.78 is 35.1. The van der Waals surface area contributed by atoms with Crippen LogP contribution in [0.25, 0.3) is 0 Å². The number of carbonyl (C=O) groups is 1. The van der Waals surface area contributed by atoms with E-state index in [1.165, 1.54) is 173 Å². The molecule has 334 valence electrons. The zero-order chi connectivity index (χ0) is 41.3. The largest absolute Gasteiger partial charge is 0.472 e. The average Bonchev–Trinajstić information content (AvgIpc) is 3.15. The molecule has 0 saturated carbocycles. The highest BCUT2D eigenvalue weighted by Gasteiger charge is 2.26. The molecule has 1 N–H and O–H groups in total. The molecule has 56 heavy (non-hydrogen) atoms. The van der Waals surface area contributed by atoms with E-state index in [9.17, 15) is 14.3 Å². The normalized spacial score (nSPS) is 13.8. The van der Waals surface area contributed by atoms with Crippen LogP contribution < -0.4 is 0 Å². The third-order valence-electron chi connectivity index (χ3n) is 10.6. The number of unbranched alkanes of at least 4 members (excludes halogenated alkanes) is 29. The highest BCUT2D eigenvalue weighted by Crippen LogP contribution is 2.43. The summed E-state index contributed by atoms with van der Waals surface area (Å²) in [5.74, 6) is -0.310. The van der Waals surface area contributed by atoms with Crippen LogP contribution in [0.15, 0.2) is 12.2 Å². The second-order valence-corrected chi connectivity index (χ2v) is 19.0. The number of allylic oxidation sites excluding steroid dienone is 2. The number of phosphoric ester groups is 1. The first-order valence-corrected chi connectivity index (χ1v) is 25.4. The van der Waals surface area contributed by atoms with Crippen molar-refractivity contribution in [2.24, 2.45) is 0 Å². The maximum atomic E-state index is 12.7. The van der Waals surface area contributed by atoms with Crippen LogP contribution >= 0.6 is 7.82 Å². The van der Waals surface area contributed by atoms with Crippen molar-refractivity contribution >= 4 is 13.8 Å². The molecule has 0 aliphatic carbocycles. The third-order valence-corrected chi connectivity index (χ3v) is 11.6. The summed E-state index contributed by atoms with van der Waals surface area (Å²) in [4.78, 5) is 22.9. The molecule has 0 bridgehead atoms. The molecule has 0 aliphatic rings. The summed E-state index contributed by atoms with van der Waals surface area (Å²) >= 11 is 0. The number of ether oxygens (including phenoxy) is 2. The Kier molecular flexibility index (Phi) is 40.4. The second-order valence-electron chi connectivity index (χ2n) is 17.5. The Morgan fingerprint density at radius 3 is 1.38 bits per heavy atom. The number of quaternary nitrogens is 1. The van der Waals surface area contributed by atoms with Crippen LogP contribution in [0, 0.1) is 0 Å². The van der Waals surface area contributed by atoms with Gasteiger partial charge in [0.05, 0.1) is 34.4 Å². The van der Waals surface area contributed by atoms with E-state index in [-0.39, 0.29) is 25.8 Å². The fourth-order valence-electron chi connectivity index (χ4n) is 6.84. The zero-order valence-corrected chi connectivity index (χ0v) is 38.8. The SMILES string of the molecule is CCCCCC/C=C\CCCCCCCCOCC(COP(=O)(O)OCC[N+](C)(C)C)OC(=O)CCCCCCCCCCCCCCCCCCCCCC. The molecule has 0 aromatic heterocycles. The monoisotopic (exact) mass is 817 g/mol. The quantitative estimate of drug-likeness (QED) is 0.0215. The van der Waals surface area contributed by atoms with Gasteiger partial charge in [-0.2, -0.15) is 0 Å². The summed E-state index contributed by atoms with van der Waals surface area (Å²) in [5.41, 5.74) is 0. The van der Waals surface area contributed by atoms with Gasteiger partial charge in [0.25, 0.3) is 0 Å². The Balaban J connectivity index is 4.13. The molecule has 0 aromatic rings. The van der Waals surface area contributed by atoms with Gasteiger partial charge in [-0.1, -0.05) is 193 Å². The number of rotatable bonds is 45. The number of likely N-dealkylation sites (N-methyl/N-ethyl adjacent to an activating group) is 1. The van der Waals surface area contributed by atoms with E-state index in [2.05, 4.69) is 26.0 Å². The number of esters is 1. The Morgan fingerprint density at radius 1 is 0.536 bits per heavy atom. The van der Waals surface area contributed by atoms with E-state index in [0.29, 0.717) is 24.1 Å². The number of hydrogen-bond donors (Lipinski definition) is 1. The van der Waals surface area contributed by atoms with E-state index in [0.717, 1.165) is 32.1 Å². The Labute approximate surface area is 348 Å². The maximum absolute atomic E-state index is 12.7. The van der Waals surface area contributed by atoms with Crippen LogP contribution in [0.3, 0.4) is 0 Å². The smallest absolute Gasteiger partial charge is 0.457 e. The van der Waals surface area contributed by atoms with E-state index in [4.69, 9.17) is 18.5 Å². The minimum atomic E-state index is -4.27. The molecule has 0 aliphatic heterocycles. The number of nitrogens with zero attached hydrogens (tertiary/aromatic N) is 1. The number of carbonyl (C=O) groups excluding carboxylic acids is 1. The van der Waals surface area contributed by atoms with Crippen LogP contribution in [0.1, 0.15) is 226 Å². The molecule has 2 atom stereocenters. The van der Waals surface area contributed by atoms with Gasteiger partial charge in [-0.05, 0) is 38.5 Å². The predicted molar refractivity (Wildman–Crippen MR) is 238 cm³/mol. The van der Waals surface area contributed by atoms with E-state index in [1.54, 1.807) is 0 Å². The summed E-state index contributed by atoms with van der Waals surface area (Å²) in [6, 6.07) is 0. The van der Waals surface area contributed by atoms with Gasteiger partial charge in [-0.15, -0.1) is 0 Å². The van der Waals surface area contributed by atoms with Crippen molar-refractivity contribution in [3.05, 3.63) is 12.2 Å². The average molecular weight is 817 g/mol. The molecule has 8 nitrogen and oxygen atoms in total. The van der Waals surface area contributed by atoms with Crippen molar-refractivity contribution < 1.29 is 37.3 Å². The molecule has 0 rings (SSSR count). The lowest BCUT2D eigenvalue weighted by atomic mass is 10.0. The molecule has 0 saturated heterocycles. The van der Waals surface area contributed by atoms with Gasteiger partial charge in [0.15, 0.2) is 0 Å². The molecule has 0 heterocycles. The lowest BCUT2D eigenvalue weighted by Gasteiger charge is -2.24. The molecule has 0 radical (unpaired) electrons. The van der Waals surface area contributed by atoms with E-state index >= 15 is 0 Å². The van der Waals surface area contributed by atoms with Gasteiger partial charge in [0.1, 0.15) is 19.3 Å². The molecule has 2 unspecified atom stereocenters. The summed E-state index contributed by atoms with van der Waals surface area (Å²) in [5, 5.41) is 0. The first-order chi connectivity index (χ1) is 27.1. The maximum Gasteiger partial charge on any atom is 0.472 e. The first kappa shape index (κ1) is 55.2. The van der Waals surface area contributed by atoms with Crippen LogP contribution in [0.4, 0.5) is 0 Å². The lowest BCUT2D eigenvalue weighted by molar-refractivity contribution is -0.870. The van der Waals surface area contributed by atoms with E-state index < -0.39 is 13.9 Å². The molecule has 0 spiro atoms. The zero-order valence-electron chi connectivity index (χ0n) is 37.9. The Bertz CT molecular complexity index is 909. The molecular weight excluding hydrogens is 721 g/mol. The molecular formula is C47H95NO7P+. The predicted octanol–water partition coefficient (Wildman–Crippen LogP) is 14.2. The number of hydrogen-bond acceptors (Lipinski definition) is 6. The summed E-state index contributed by atoms with van der Waals surface area (Å²) in [6.45, 7) is 5.64. The van der Waals surface area contributed by atoms with Crippen molar-refractivity contribution in [3.63, 3.8) is 0 Å². The van der Waals surface area contributed by atoms with Crippen LogP contribution in [0.5, 0.6) is 0 Å². The Morgan fingerprint density at radius 2 is 0.929 bits per heavy atom. The fraction of sp³-hybridized carbons (Fsp3) is 0.936. The standard InChI is InChI=1S/C47H94NO7P/c1-6-8-10-12-14-16-18-20-22-23-24-25-26-27-28-30-32-34-36-38-40-47(49)55-46(45-54-56(50,51)53-43-41-48(3,4)5)44-52-42-39-37-35-33-31-29-21-19-17-15-13-11-9-7-2/h17,19,46H,6-16,18,20-45H2,1-5H3/p+1/b19-17-. The van der Waals surface area contributed by atoms with Gasteiger partial charge in [0.2, 0.25) is 0 Å². The molecule has 0 aromatic carbocycles. The van der Waals surface area contributed by atoms with Crippen molar-refractivity contribution in [2.45, 2.75) is 232 Å². The van der Waals surface area contributed by atoms with Crippen molar-refractivity contribution in [1.29, 1.82) is 0 Å². The van der Waals surface area contributed by atoms with Gasteiger partial charge < -0.3 is 18.9 Å². The Hall–Kier alpha value is -0.760. The fourth-order valence-corrected chi connectivity index (χ4v) is 7.58. The summed E-state index contributed by atoms with van der Waals surface area (Å²) in [7, 11) is 1.68. The van der Waals surface area contributed by atoms with Gasteiger partial charge in [-0.3, -0.25) is 13.8 Å². The number of phosphoric acid groups is 1. The van der Waals surface area contributed by atoms with Crippen molar-refractivity contribution in [1.82, 2.24) is 0 Å². The van der Waals surface area contributed by atoms with Crippen LogP contribution in [-0.2, 0) is 27.9 Å². The highest BCUT2D eigenvalue weighted by molar-refractivity contribution is 7.47. The van der Waals surface area contributed by atoms with Crippen molar-refractivity contribution in [2.75, 3.05) is 54.1 Å². The molecule has 0 amide bonds. The van der Waals surface area contributed by atoms with Crippen molar-refractivity contribution in [3.8, 4) is 0 Å². The second kappa shape index (κ2) is 41.0. The topological polar surface area (TPSA) is 91.3 Å². The third kappa shape index (κ3) is 44.3. The lowest BCUT2D eigenvalue weighted by Crippen LogP contribution is -2.37. The minimum absolute atomic E-state index is 0.0908. The molecule has 9 heteroatoms. The van der Waals surface area contributed by atoms with Gasteiger partial charge in [0, 0.05) is 13.0 Å². The van der Waals surface area contributed by atoms with E-state index in [1.807, 2.05) is 21.1 Å². The van der Waals surface area contributed by atoms with Gasteiger partial charge in [-0.25, -0.2) is 4.57 Å². The highest BCUT2D eigenvalue weighted by atomic mass is 31.2. The van der Waals surface area contributed by atoms with Crippen LogP contribution in [-0.4, -0.2) is 75.6 Å².